The smallest absolute Gasteiger partial charge is 0.345 e. The highest BCUT2D eigenvalue weighted by atomic mass is 35.5. The molecule has 1 aromatic rings. The molecule has 0 aliphatic heterocycles. The van der Waals surface area contributed by atoms with Crippen LogP contribution in [0.1, 0.15) is 25.1 Å². The first-order chi connectivity index (χ1) is 7.15. The Labute approximate surface area is 93.0 Å². The van der Waals surface area contributed by atoms with Crippen molar-refractivity contribution >= 4 is 17.6 Å². The molecule has 0 bridgehead atoms. The summed E-state index contributed by atoms with van der Waals surface area (Å²) in [7, 11) is 0. The fourth-order valence-electron chi connectivity index (χ4n) is 1.08. The van der Waals surface area contributed by atoms with Crippen LogP contribution in [-0.4, -0.2) is 12.6 Å². The molecule has 1 atom stereocenters. The zero-order valence-corrected chi connectivity index (χ0v) is 9.13. The van der Waals surface area contributed by atoms with Gasteiger partial charge in [-0.25, -0.2) is 9.18 Å². The van der Waals surface area contributed by atoms with E-state index in [1.54, 1.807) is 12.1 Å². The van der Waals surface area contributed by atoms with Crippen LogP contribution in [0.2, 0.25) is 5.02 Å². The molecule has 1 rings (SSSR count). The number of benzene rings is 1. The largest absolute Gasteiger partial charge is 0.463 e. The van der Waals surface area contributed by atoms with Gasteiger partial charge in [-0.15, -0.1) is 0 Å². The minimum atomic E-state index is -1.75. The van der Waals surface area contributed by atoms with Gasteiger partial charge < -0.3 is 4.74 Å². The van der Waals surface area contributed by atoms with E-state index in [9.17, 15) is 9.18 Å². The summed E-state index contributed by atoms with van der Waals surface area (Å²) in [5.41, 5.74) is 0.226. The van der Waals surface area contributed by atoms with Crippen LogP contribution in [0, 0.1) is 0 Å². The van der Waals surface area contributed by atoms with Crippen molar-refractivity contribution in [1.82, 2.24) is 0 Å². The molecule has 0 saturated heterocycles. The van der Waals surface area contributed by atoms with E-state index in [4.69, 9.17) is 16.3 Å². The van der Waals surface area contributed by atoms with Crippen molar-refractivity contribution in [2.45, 2.75) is 19.5 Å². The van der Waals surface area contributed by atoms with Crippen LogP contribution in [0.15, 0.2) is 24.3 Å². The highest BCUT2D eigenvalue weighted by Crippen LogP contribution is 2.22. The normalized spacial score (nSPS) is 12.2. The number of carbonyl (C=O) groups excluding carboxylic acids is 1. The zero-order valence-electron chi connectivity index (χ0n) is 8.37. The Morgan fingerprint density at radius 2 is 2.33 bits per heavy atom. The maximum atomic E-state index is 13.5. The van der Waals surface area contributed by atoms with Gasteiger partial charge in [0.15, 0.2) is 0 Å². The highest BCUT2D eigenvalue weighted by molar-refractivity contribution is 6.30. The van der Waals surface area contributed by atoms with Gasteiger partial charge in [0.05, 0.1) is 6.61 Å². The third kappa shape index (κ3) is 3.51. The second-order valence-electron chi connectivity index (χ2n) is 3.09. The SMILES string of the molecule is CCCOC(=O)C(F)c1cccc(Cl)c1. The summed E-state index contributed by atoms with van der Waals surface area (Å²) in [5, 5.41) is 0.401. The van der Waals surface area contributed by atoms with Crippen molar-refractivity contribution < 1.29 is 13.9 Å². The van der Waals surface area contributed by atoms with Gasteiger partial charge >= 0.3 is 5.97 Å². The zero-order chi connectivity index (χ0) is 11.3. The number of hydrogen-bond donors (Lipinski definition) is 0. The van der Waals surface area contributed by atoms with Gasteiger partial charge in [-0.05, 0) is 24.1 Å². The Morgan fingerprint density at radius 1 is 1.60 bits per heavy atom. The molecule has 4 heteroatoms. The summed E-state index contributed by atoms with van der Waals surface area (Å²) in [6.45, 7) is 2.08. The highest BCUT2D eigenvalue weighted by Gasteiger charge is 2.20. The lowest BCUT2D eigenvalue weighted by atomic mass is 10.1. The van der Waals surface area contributed by atoms with Crippen LogP contribution in [0.3, 0.4) is 0 Å². The first-order valence-corrected chi connectivity index (χ1v) is 5.09. The predicted molar refractivity (Wildman–Crippen MR) is 56.6 cm³/mol. The fourth-order valence-corrected chi connectivity index (χ4v) is 1.27. The molecule has 15 heavy (non-hydrogen) atoms. The lowest BCUT2D eigenvalue weighted by Crippen LogP contribution is -2.12. The third-order valence-corrected chi connectivity index (χ3v) is 2.03. The Bertz CT molecular complexity index is 341. The van der Waals surface area contributed by atoms with Crippen molar-refractivity contribution in [3.63, 3.8) is 0 Å². The molecule has 1 aromatic carbocycles. The van der Waals surface area contributed by atoms with Gasteiger partial charge in [0.2, 0.25) is 6.17 Å². The van der Waals surface area contributed by atoms with E-state index < -0.39 is 12.1 Å². The molecule has 0 aromatic heterocycles. The quantitative estimate of drug-likeness (QED) is 0.742. The molecular formula is C11H12ClFO2. The van der Waals surface area contributed by atoms with Crippen molar-refractivity contribution in [3.05, 3.63) is 34.9 Å². The van der Waals surface area contributed by atoms with Crippen LogP contribution in [0.5, 0.6) is 0 Å². The second kappa shape index (κ2) is 5.71. The van der Waals surface area contributed by atoms with Gasteiger partial charge in [0.1, 0.15) is 0 Å². The molecule has 0 radical (unpaired) electrons. The van der Waals surface area contributed by atoms with Crippen molar-refractivity contribution in [2.24, 2.45) is 0 Å². The maximum absolute atomic E-state index is 13.5. The van der Waals surface area contributed by atoms with E-state index in [0.29, 0.717) is 11.4 Å². The van der Waals surface area contributed by atoms with Gasteiger partial charge in [0, 0.05) is 5.02 Å². The summed E-state index contributed by atoms with van der Waals surface area (Å²) in [4.78, 5) is 11.2. The summed E-state index contributed by atoms with van der Waals surface area (Å²) in [6.07, 6.45) is -1.08. The molecular weight excluding hydrogens is 219 g/mol. The lowest BCUT2D eigenvalue weighted by molar-refractivity contribution is -0.149. The van der Waals surface area contributed by atoms with Crippen LogP contribution < -0.4 is 0 Å². The summed E-state index contributed by atoms with van der Waals surface area (Å²) in [5.74, 6) is -0.862. The summed E-state index contributed by atoms with van der Waals surface area (Å²) < 4.78 is 18.2. The molecule has 0 aliphatic rings. The Morgan fingerprint density at radius 3 is 2.93 bits per heavy atom. The third-order valence-electron chi connectivity index (χ3n) is 1.80. The van der Waals surface area contributed by atoms with E-state index in [1.165, 1.54) is 12.1 Å². The standard InChI is InChI=1S/C11H12ClFO2/c1-2-6-15-11(14)10(13)8-4-3-5-9(12)7-8/h3-5,7,10H,2,6H2,1H3. The van der Waals surface area contributed by atoms with Gasteiger partial charge in [0.25, 0.3) is 0 Å². The fraction of sp³-hybridized carbons (Fsp3) is 0.364. The average molecular weight is 231 g/mol. The Hall–Kier alpha value is -1.09. The molecule has 0 amide bonds. The van der Waals surface area contributed by atoms with E-state index in [1.807, 2.05) is 6.92 Å². The molecule has 0 fully saturated rings. The van der Waals surface area contributed by atoms with Crippen LogP contribution in [-0.2, 0) is 9.53 Å². The first kappa shape index (κ1) is 12.0. The number of rotatable bonds is 4. The first-order valence-electron chi connectivity index (χ1n) is 4.71. The molecule has 0 saturated carbocycles. The monoisotopic (exact) mass is 230 g/mol. The predicted octanol–water partition coefficient (Wildman–Crippen LogP) is 3.30. The molecule has 2 nitrogen and oxygen atoms in total. The van der Waals surface area contributed by atoms with Gasteiger partial charge in [-0.3, -0.25) is 0 Å². The van der Waals surface area contributed by atoms with E-state index in [0.717, 1.165) is 0 Å². The second-order valence-corrected chi connectivity index (χ2v) is 3.52. The summed E-state index contributed by atoms with van der Waals surface area (Å²) in [6, 6.07) is 6.13. The van der Waals surface area contributed by atoms with Crippen molar-refractivity contribution in [2.75, 3.05) is 6.61 Å². The molecule has 0 spiro atoms. The number of halogens is 2. The number of carbonyl (C=O) groups is 1. The number of ether oxygens (including phenoxy) is 1. The Kier molecular flexibility index (Phi) is 4.56. The average Bonchev–Trinajstić information content (AvgIpc) is 2.24. The minimum Gasteiger partial charge on any atom is -0.463 e. The molecule has 82 valence electrons. The van der Waals surface area contributed by atoms with Gasteiger partial charge in [-0.2, -0.15) is 0 Å². The maximum Gasteiger partial charge on any atom is 0.345 e. The number of esters is 1. The molecule has 0 heterocycles. The minimum absolute atomic E-state index is 0.226. The molecule has 0 N–H and O–H groups in total. The van der Waals surface area contributed by atoms with Gasteiger partial charge in [-0.1, -0.05) is 30.7 Å². The van der Waals surface area contributed by atoms with E-state index >= 15 is 0 Å². The molecule has 1 unspecified atom stereocenters. The number of hydrogen-bond acceptors (Lipinski definition) is 2. The van der Waals surface area contributed by atoms with Crippen LogP contribution >= 0.6 is 11.6 Å². The van der Waals surface area contributed by atoms with E-state index in [-0.39, 0.29) is 12.2 Å². The van der Waals surface area contributed by atoms with Crippen LogP contribution in [0.4, 0.5) is 4.39 Å². The lowest BCUT2D eigenvalue weighted by Gasteiger charge is -2.08. The molecule has 0 aliphatic carbocycles. The van der Waals surface area contributed by atoms with Crippen molar-refractivity contribution in [3.8, 4) is 0 Å². The van der Waals surface area contributed by atoms with E-state index in [2.05, 4.69) is 0 Å². The van der Waals surface area contributed by atoms with Crippen molar-refractivity contribution in [1.29, 1.82) is 0 Å². The Balaban J connectivity index is 2.67. The summed E-state index contributed by atoms with van der Waals surface area (Å²) >= 11 is 5.68. The van der Waals surface area contributed by atoms with Crippen LogP contribution in [0.25, 0.3) is 0 Å². The topological polar surface area (TPSA) is 26.3 Å². The number of alkyl halides is 1.